The molecule has 0 aliphatic carbocycles. The maximum Gasteiger partial charge on any atom is 0.105 e. The van der Waals surface area contributed by atoms with E-state index in [0.29, 0.717) is 12.1 Å². The van der Waals surface area contributed by atoms with E-state index in [4.69, 9.17) is 9.15 Å². The van der Waals surface area contributed by atoms with E-state index in [1.165, 1.54) is 0 Å². The first-order chi connectivity index (χ1) is 6.86. The van der Waals surface area contributed by atoms with Gasteiger partial charge < -0.3 is 14.5 Å². The summed E-state index contributed by atoms with van der Waals surface area (Å²) >= 11 is 0. The fourth-order valence-electron chi connectivity index (χ4n) is 1.84. The Bertz CT molecular complexity index is 258. The van der Waals surface area contributed by atoms with Gasteiger partial charge in [-0.2, -0.15) is 0 Å². The SMILES string of the molecule is CC1OCCC1NCCc1ccco1. The van der Waals surface area contributed by atoms with Gasteiger partial charge in [-0.05, 0) is 25.5 Å². The maximum atomic E-state index is 5.47. The molecule has 0 amide bonds. The van der Waals surface area contributed by atoms with E-state index in [1.807, 2.05) is 12.1 Å². The number of nitrogens with one attached hydrogen (secondary N) is 1. The highest BCUT2D eigenvalue weighted by atomic mass is 16.5. The Hall–Kier alpha value is -0.800. The highest BCUT2D eigenvalue weighted by molar-refractivity contribution is 4.98. The Morgan fingerprint density at radius 2 is 2.50 bits per heavy atom. The first kappa shape index (κ1) is 9.74. The topological polar surface area (TPSA) is 34.4 Å². The van der Waals surface area contributed by atoms with E-state index in [0.717, 1.165) is 31.8 Å². The van der Waals surface area contributed by atoms with Crippen molar-refractivity contribution in [2.45, 2.75) is 31.9 Å². The Labute approximate surface area is 84.4 Å². The van der Waals surface area contributed by atoms with Crippen molar-refractivity contribution in [3.63, 3.8) is 0 Å². The van der Waals surface area contributed by atoms with Crippen molar-refractivity contribution in [3.8, 4) is 0 Å². The molecule has 2 atom stereocenters. The van der Waals surface area contributed by atoms with Crippen LogP contribution in [-0.4, -0.2) is 25.3 Å². The van der Waals surface area contributed by atoms with Gasteiger partial charge in [0, 0.05) is 25.6 Å². The van der Waals surface area contributed by atoms with Gasteiger partial charge in [0.25, 0.3) is 0 Å². The summed E-state index contributed by atoms with van der Waals surface area (Å²) < 4.78 is 10.7. The van der Waals surface area contributed by atoms with E-state index in [1.54, 1.807) is 6.26 Å². The summed E-state index contributed by atoms with van der Waals surface area (Å²) in [5, 5.41) is 3.48. The molecular weight excluding hydrogens is 178 g/mol. The average Bonchev–Trinajstić information content (AvgIpc) is 2.78. The Balaban J connectivity index is 1.68. The van der Waals surface area contributed by atoms with Crippen LogP contribution < -0.4 is 5.32 Å². The third-order valence-electron chi connectivity index (χ3n) is 2.73. The van der Waals surface area contributed by atoms with Crippen molar-refractivity contribution < 1.29 is 9.15 Å². The van der Waals surface area contributed by atoms with Gasteiger partial charge >= 0.3 is 0 Å². The molecule has 3 heteroatoms. The molecule has 0 spiro atoms. The number of rotatable bonds is 4. The van der Waals surface area contributed by atoms with Gasteiger partial charge in [0.1, 0.15) is 5.76 Å². The molecule has 0 bridgehead atoms. The summed E-state index contributed by atoms with van der Waals surface area (Å²) in [5.41, 5.74) is 0. The normalized spacial score (nSPS) is 26.9. The van der Waals surface area contributed by atoms with Gasteiger partial charge in [-0.25, -0.2) is 0 Å². The Morgan fingerprint density at radius 3 is 3.14 bits per heavy atom. The lowest BCUT2D eigenvalue weighted by Gasteiger charge is -2.15. The summed E-state index contributed by atoms with van der Waals surface area (Å²) in [7, 11) is 0. The number of furan rings is 1. The lowest BCUT2D eigenvalue weighted by molar-refractivity contribution is 0.113. The summed E-state index contributed by atoms with van der Waals surface area (Å²) in [6.45, 7) is 3.98. The van der Waals surface area contributed by atoms with Crippen LogP contribution in [0.25, 0.3) is 0 Å². The molecule has 3 nitrogen and oxygen atoms in total. The molecule has 78 valence electrons. The first-order valence-electron chi connectivity index (χ1n) is 5.23. The van der Waals surface area contributed by atoms with Crippen LogP contribution in [0.5, 0.6) is 0 Å². The minimum atomic E-state index is 0.353. The van der Waals surface area contributed by atoms with Gasteiger partial charge in [0.05, 0.1) is 12.4 Å². The van der Waals surface area contributed by atoms with Crippen molar-refractivity contribution in [2.75, 3.05) is 13.2 Å². The molecule has 1 aliphatic rings. The maximum absolute atomic E-state index is 5.47. The molecule has 1 saturated heterocycles. The highest BCUT2D eigenvalue weighted by Gasteiger charge is 2.22. The van der Waals surface area contributed by atoms with Crippen LogP contribution in [0.15, 0.2) is 22.8 Å². The van der Waals surface area contributed by atoms with Gasteiger partial charge in [-0.15, -0.1) is 0 Å². The van der Waals surface area contributed by atoms with E-state index >= 15 is 0 Å². The number of ether oxygens (including phenoxy) is 1. The predicted molar refractivity (Wildman–Crippen MR) is 54.2 cm³/mol. The fraction of sp³-hybridized carbons (Fsp3) is 0.636. The summed E-state index contributed by atoms with van der Waals surface area (Å²) in [4.78, 5) is 0. The molecule has 1 N–H and O–H groups in total. The van der Waals surface area contributed by atoms with Gasteiger partial charge in [0.15, 0.2) is 0 Å². The first-order valence-corrected chi connectivity index (χ1v) is 5.23. The molecule has 1 fully saturated rings. The van der Waals surface area contributed by atoms with Crippen molar-refractivity contribution in [1.82, 2.24) is 5.32 Å². The highest BCUT2D eigenvalue weighted by Crippen LogP contribution is 2.12. The van der Waals surface area contributed by atoms with Crippen LogP contribution in [0, 0.1) is 0 Å². The van der Waals surface area contributed by atoms with E-state index in [2.05, 4.69) is 12.2 Å². The molecule has 14 heavy (non-hydrogen) atoms. The average molecular weight is 195 g/mol. The van der Waals surface area contributed by atoms with E-state index in [-0.39, 0.29) is 0 Å². The minimum absolute atomic E-state index is 0.353. The Kier molecular flexibility index (Phi) is 3.22. The zero-order valence-electron chi connectivity index (χ0n) is 8.53. The number of hydrogen-bond donors (Lipinski definition) is 1. The van der Waals surface area contributed by atoms with Crippen LogP contribution in [0.4, 0.5) is 0 Å². The zero-order chi connectivity index (χ0) is 9.80. The molecule has 2 heterocycles. The van der Waals surface area contributed by atoms with E-state index in [9.17, 15) is 0 Å². The zero-order valence-corrected chi connectivity index (χ0v) is 8.53. The molecule has 1 aliphatic heterocycles. The molecule has 0 aromatic carbocycles. The predicted octanol–water partition coefficient (Wildman–Crippen LogP) is 1.59. The smallest absolute Gasteiger partial charge is 0.105 e. The third kappa shape index (κ3) is 2.36. The van der Waals surface area contributed by atoms with E-state index < -0.39 is 0 Å². The molecular formula is C11H17NO2. The third-order valence-corrected chi connectivity index (χ3v) is 2.73. The van der Waals surface area contributed by atoms with Crippen LogP contribution in [0.2, 0.25) is 0 Å². The molecule has 0 saturated carbocycles. The lowest BCUT2D eigenvalue weighted by Crippen LogP contribution is -2.35. The van der Waals surface area contributed by atoms with Crippen LogP contribution in [-0.2, 0) is 11.2 Å². The summed E-state index contributed by atoms with van der Waals surface area (Å²) in [6, 6.07) is 4.46. The van der Waals surface area contributed by atoms with Gasteiger partial charge in [0.2, 0.25) is 0 Å². The van der Waals surface area contributed by atoms with Crippen molar-refractivity contribution in [2.24, 2.45) is 0 Å². The van der Waals surface area contributed by atoms with Crippen LogP contribution >= 0.6 is 0 Å². The van der Waals surface area contributed by atoms with Crippen molar-refractivity contribution in [1.29, 1.82) is 0 Å². The largest absolute Gasteiger partial charge is 0.469 e. The van der Waals surface area contributed by atoms with Gasteiger partial charge in [-0.3, -0.25) is 0 Å². The monoisotopic (exact) mass is 195 g/mol. The fourth-order valence-corrected chi connectivity index (χ4v) is 1.84. The van der Waals surface area contributed by atoms with Crippen LogP contribution in [0.1, 0.15) is 19.1 Å². The summed E-state index contributed by atoms with van der Waals surface area (Å²) in [5.74, 6) is 1.05. The molecule has 2 unspecified atom stereocenters. The second-order valence-corrected chi connectivity index (χ2v) is 3.75. The minimum Gasteiger partial charge on any atom is -0.469 e. The number of hydrogen-bond acceptors (Lipinski definition) is 3. The lowest BCUT2D eigenvalue weighted by atomic mass is 10.1. The van der Waals surface area contributed by atoms with Crippen molar-refractivity contribution in [3.05, 3.63) is 24.2 Å². The molecule has 1 aromatic rings. The molecule has 1 aromatic heterocycles. The standard InChI is InChI=1S/C11H17NO2/c1-9-11(5-8-13-9)12-6-4-10-3-2-7-14-10/h2-3,7,9,11-12H,4-6,8H2,1H3. The quantitative estimate of drug-likeness (QED) is 0.792. The molecule has 2 rings (SSSR count). The Morgan fingerprint density at radius 1 is 1.57 bits per heavy atom. The molecule has 0 radical (unpaired) electrons. The van der Waals surface area contributed by atoms with Crippen molar-refractivity contribution >= 4 is 0 Å². The van der Waals surface area contributed by atoms with Crippen LogP contribution in [0.3, 0.4) is 0 Å². The summed E-state index contributed by atoms with van der Waals surface area (Å²) in [6.07, 6.45) is 4.15. The van der Waals surface area contributed by atoms with Gasteiger partial charge in [-0.1, -0.05) is 0 Å². The second-order valence-electron chi connectivity index (χ2n) is 3.75. The second kappa shape index (κ2) is 4.62.